The van der Waals surface area contributed by atoms with Crippen molar-refractivity contribution in [1.82, 2.24) is 0 Å². The summed E-state index contributed by atoms with van der Waals surface area (Å²) in [6.07, 6.45) is 0. The first-order valence-electron chi connectivity index (χ1n) is 4.38. The van der Waals surface area contributed by atoms with Gasteiger partial charge in [-0.05, 0) is 11.0 Å². The highest BCUT2D eigenvalue weighted by Crippen LogP contribution is 2.28. The average Bonchev–Trinajstić information content (AvgIpc) is 2.14. The van der Waals surface area contributed by atoms with Gasteiger partial charge in [0.1, 0.15) is 5.60 Å². The van der Waals surface area contributed by atoms with Gasteiger partial charge < -0.3 is 19.9 Å². The summed E-state index contributed by atoms with van der Waals surface area (Å²) in [5, 5.41) is 27.6. The van der Waals surface area contributed by atoms with E-state index in [-0.39, 0.29) is 0 Å². The minimum atomic E-state index is -1.46. The van der Waals surface area contributed by atoms with E-state index in [9.17, 15) is 5.11 Å². The van der Waals surface area contributed by atoms with Gasteiger partial charge in [0.2, 0.25) is 0 Å². The normalized spacial score (nSPS) is 18.8. The standard InChI is InChI=1S/C9H11BO4/c11-9(5-14-6-9)7-1-3-8(4-2-7)10(12)13/h1-4,11-13H,5-6H2. The molecule has 1 fully saturated rings. The Morgan fingerprint density at radius 3 is 2.07 bits per heavy atom. The molecule has 4 nitrogen and oxygen atoms in total. The summed E-state index contributed by atoms with van der Waals surface area (Å²) in [5.41, 5.74) is 0.268. The van der Waals surface area contributed by atoms with Crippen molar-refractivity contribution in [2.24, 2.45) is 0 Å². The molecule has 3 N–H and O–H groups in total. The van der Waals surface area contributed by atoms with Gasteiger partial charge in [0.25, 0.3) is 0 Å². The minimum absolute atomic E-state index is 0.300. The molecule has 74 valence electrons. The summed E-state index contributed by atoms with van der Waals surface area (Å²) in [6, 6.07) is 6.52. The fourth-order valence-electron chi connectivity index (χ4n) is 1.43. The SMILES string of the molecule is OB(O)c1ccc(C2(O)COC2)cc1. The second-order valence-corrected chi connectivity index (χ2v) is 3.52. The molecule has 1 heterocycles. The predicted molar refractivity (Wildman–Crippen MR) is 51.0 cm³/mol. The molecule has 0 unspecified atom stereocenters. The fraction of sp³-hybridized carbons (Fsp3) is 0.333. The fourth-order valence-corrected chi connectivity index (χ4v) is 1.43. The average molecular weight is 194 g/mol. The maximum absolute atomic E-state index is 9.86. The van der Waals surface area contributed by atoms with Crippen molar-refractivity contribution in [3.63, 3.8) is 0 Å². The molecule has 0 amide bonds. The van der Waals surface area contributed by atoms with E-state index in [1.54, 1.807) is 24.3 Å². The third-order valence-corrected chi connectivity index (χ3v) is 2.43. The largest absolute Gasteiger partial charge is 0.488 e. The van der Waals surface area contributed by atoms with E-state index in [0.717, 1.165) is 5.56 Å². The molecule has 0 saturated carbocycles. The van der Waals surface area contributed by atoms with Crippen molar-refractivity contribution in [2.75, 3.05) is 13.2 Å². The smallest absolute Gasteiger partial charge is 0.423 e. The van der Waals surface area contributed by atoms with Crippen molar-refractivity contribution in [2.45, 2.75) is 5.60 Å². The van der Waals surface area contributed by atoms with Gasteiger partial charge in [-0.1, -0.05) is 24.3 Å². The Kier molecular flexibility index (Phi) is 2.32. The lowest BCUT2D eigenvalue weighted by atomic mass is 9.79. The van der Waals surface area contributed by atoms with Gasteiger partial charge in [-0.3, -0.25) is 0 Å². The molecule has 1 aliphatic heterocycles. The first kappa shape index (κ1) is 9.67. The van der Waals surface area contributed by atoms with E-state index < -0.39 is 12.7 Å². The number of aliphatic hydroxyl groups is 1. The van der Waals surface area contributed by atoms with Crippen LogP contribution >= 0.6 is 0 Å². The van der Waals surface area contributed by atoms with Crippen molar-refractivity contribution in [3.8, 4) is 0 Å². The van der Waals surface area contributed by atoms with Crippen LogP contribution < -0.4 is 5.46 Å². The molecule has 1 aromatic carbocycles. The van der Waals surface area contributed by atoms with Gasteiger partial charge in [0.05, 0.1) is 13.2 Å². The highest BCUT2D eigenvalue weighted by atomic mass is 16.5. The summed E-state index contributed by atoms with van der Waals surface area (Å²) in [4.78, 5) is 0. The van der Waals surface area contributed by atoms with Crippen LogP contribution in [0.5, 0.6) is 0 Å². The monoisotopic (exact) mass is 194 g/mol. The van der Waals surface area contributed by atoms with E-state index in [2.05, 4.69) is 0 Å². The van der Waals surface area contributed by atoms with Crippen LogP contribution in [0.25, 0.3) is 0 Å². The molecule has 0 spiro atoms. The first-order chi connectivity index (χ1) is 6.62. The zero-order valence-electron chi connectivity index (χ0n) is 7.55. The Balaban J connectivity index is 2.21. The van der Waals surface area contributed by atoms with Crippen molar-refractivity contribution in [1.29, 1.82) is 0 Å². The molecule has 0 aromatic heterocycles. The van der Waals surface area contributed by atoms with Crippen LogP contribution in [-0.4, -0.2) is 35.5 Å². The summed E-state index contributed by atoms with van der Waals surface area (Å²) in [5.74, 6) is 0. The van der Waals surface area contributed by atoms with Crippen LogP contribution in [-0.2, 0) is 10.3 Å². The first-order valence-corrected chi connectivity index (χ1v) is 4.38. The van der Waals surface area contributed by atoms with E-state index in [1.807, 2.05) is 0 Å². The van der Waals surface area contributed by atoms with E-state index >= 15 is 0 Å². The van der Waals surface area contributed by atoms with E-state index in [4.69, 9.17) is 14.8 Å². The van der Waals surface area contributed by atoms with E-state index in [1.165, 1.54) is 0 Å². The Hall–Kier alpha value is -0.875. The Bertz CT molecular complexity index is 318. The predicted octanol–water partition coefficient (Wildman–Crippen LogP) is -1.42. The molecule has 0 radical (unpaired) electrons. The summed E-state index contributed by atoms with van der Waals surface area (Å²) in [7, 11) is -1.46. The van der Waals surface area contributed by atoms with Crippen LogP contribution in [0.2, 0.25) is 0 Å². The third-order valence-electron chi connectivity index (χ3n) is 2.43. The van der Waals surface area contributed by atoms with Gasteiger partial charge in [-0.2, -0.15) is 0 Å². The summed E-state index contributed by atoms with van der Waals surface area (Å²) >= 11 is 0. The van der Waals surface area contributed by atoms with Crippen LogP contribution in [0, 0.1) is 0 Å². The number of rotatable bonds is 2. The van der Waals surface area contributed by atoms with Gasteiger partial charge in [0, 0.05) is 0 Å². The molecular weight excluding hydrogens is 183 g/mol. The maximum atomic E-state index is 9.86. The topological polar surface area (TPSA) is 69.9 Å². The Morgan fingerprint density at radius 1 is 1.14 bits per heavy atom. The zero-order chi connectivity index (χ0) is 10.2. The highest BCUT2D eigenvalue weighted by molar-refractivity contribution is 6.58. The summed E-state index contributed by atoms with van der Waals surface area (Å²) < 4.78 is 4.92. The van der Waals surface area contributed by atoms with Crippen molar-refractivity contribution in [3.05, 3.63) is 29.8 Å². The molecule has 5 heteroatoms. The molecule has 2 rings (SSSR count). The molecule has 1 aliphatic rings. The molecular formula is C9H11BO4. The van der Waals surface area contributed by atoms with Gasteiger partial charge in [0.15, 0.2) is 0 Å². The Morgan fingerprint density at radius 2 is 1.71 bits per heavy atom. The second-order valence-electron chi connectivity index (χ2n) is 3.52. The van der Waals surface area contributed by atoms with Crippen molar-refractivity contribution >= 4 is 12.6 Å². The molecule has 0 aliphatic carbocycles. The maximum Gasteiger partial charge on any atom is 0.488 e. The molecule has 1 saturated heterocycles. The number of hydrogen-bond donors (Lipinski definition) is 3. The second kappa shape index (κ2) is 3.36. The number of ether oxygens (including phenoxy) is 1. The molecule has 0 atom stereocenters. The van der Waals surface area contributed by atoms with Crippen LogP contribution in [0.15, 0.2) is 24.3 Å². The zero-order valence-corrected chi connectivity index (χ0v) is 7.55. The molecule has 1 aromatic rings. The van der Waals surface area contributed by atoms with Crippen molar-refractivity contribution < 1.29 is 19.9 Å². The molecule has 0 bridgehead atoms. The lowest BCUT2D eigenvalue weighted by molar-refractivity contribution is -0.184. The highest BCUT2D eigenvalue weighted by Gasteiger charge is 2.37. The van der Waals surface area contributed by atoms with Crippen LogP contribution in [0.3, 0.4) is 0 Å². The Labute approximate surface area is 81.9 Å². The van der Waals surface area contributed by atoms with Crippen LogP contribution in [0.1, 0.15) is 5.56 Å². The lowest BCUT2D eigenvalue weighted by Gasteiger charge is -2.36. The minimum Gasteiger partial charge on any atom is -0.423 e. The third kappa shape index (κ3) is 1.55. The quantitative estimate of drug-likeness (QED) is 0.505. The van der Waals surface area contributed by atoms with Gasteiger partial charge in [-0.15, -0.1) is 0 Å². The summed E-state index contributed by atoms with van der Waals surface area (Å²) in [6.45, 7) is 0.599. The number of hydrogen-bond acceptors (Lipinski definition) is 4. The van der Waals surface area contributed by atoms with Crippen LogP contribution in [0.4, 0.5) is 0 Å². The van der Waals surface area contributed by atoms with Gasteiger partial charge >= 0.3 is 7.12 Å². The van der Waals surface area contributed by atoms with Gasteiger partial charge in [-0.25, -0.2) is 0 Å². The number of benzene rings is 1. The van der Waals surface area contributed by atoms with E-state index in [0.29, 0.717) is 18.7 Å². The lowest BCUT2D eigenvalue weighted by Crippen LogP contribution is -2.46. The molecule has 14 heavy (non-hydrogen) atoms.